The van der Waals surface area contributed by atoms with Gasteiger partial charge in [0.15, 0.2) is 0 Å². The fourth-order valence-electron chi connectivity index (χ4n) is 2.87. The highest BCUT2D eigenvalue weighted by Crippen LogP contribution is 2.29. The molecule has 0 bridgehead atoms. The maximum absolute atomic E-state index is 11.0. The Morgan fingerprint density at radius 1 is 1.38 bits per heavy atom. The number of rotatable bonds is 2. The van der Waals surface area contributed by atoms with Crippen LogP contribution in [-0.4, -0.2) is 35.1 Å². The second-order valence-corrected chi connectivity index (χ2v) is 5.10. The van der Waals surface area contributed by atoms with Crippen LogP contribution in [0.3, 0.4) is 0 Å². The summed E-state index contributed by atoms with van der Waals surface area (Å²) in [4.78, 5) is 13.5. The summed E-state index contributed by atoms with van der Waals surface area (Å²) in [6.45, 7) is 4.52. The Kier molecular flexibility index (Phi) is 3.64. The molecule has 2 atom stereocenters. The molecule has 1 aliphatic heterocycles. The van der Waals surface area contributed by atoms with E-state index in [1.165, 1.54) is 19.3 Å². The minimum atomic E-state index is -0.728. The molecule has 0 aromatic heterocycles. The molecule has 3 heteroatoms. The van der Waals surface area contributed by atoms with Crippen LogP contribution in [-0.2, 0) is 4.79 Å². The largest absolute Gasteiger partial charge is 0.478 e. The van der Waals surface area contributed by atoms with Gasteiger partial charge in [0, 0.05) is 11.6 Å². The Labute approximate surface area is 97.1 Å². The van der Waals surface area contributed by atoms with Crippen molar-refractivity contribution in [3.8, 4) is 0 Å². The van der Waals surface area contributed by atoms with Crippen molar-refractivity contribution in [2.75, 3.05) is 13.1 Å². The van der Waals surface area contributed by atoms with Crippen molar-refractivity contribution >= 4 is 5.97 Å². The first-order valence-electron chi connectivity index (χ1n) is 6.36. The summed E-state index contributed by atoms with van der Waals surface area (Å²) in [6, 6.07) is 0.361. The summed E-state index contributed by atoms with van der Waals surface area (Å²) in [7, 11) is 0. The van der Waals surface area contributed by atoms with Crippen LogP contribution >= 0.6 is 0 Å². The van der Waals surface area contributed by atoms with Crippen molar-refractivity contribution in [2.45, 2.75) is 45.1 Å². The molecule has 0 unspecified atom stereocenters. The van der Waals surface area contributed by atoms with Crippen LogP contribution in [0.5, 0.6) is 0 Å². The first-order chi connectivity index (χ1) is 7.68. The number of aliphatic carboxylic acids is 1. The predicted octanol–water partition coefficient (Wildman–Crippen LogP) is 2.28. The third-order valence-corrected chi connectivity index (χ3v) is 3.91. The molecule has 0 spiro atoms. The monoisotopic (exact) mass is 223 g/mol. The van der Waals surface area contributed by atoms with Crippen LogP contribution in [0.4, 0.5) is 0 Å². The number of carboxylic acids is 1. The standard InChI is InChI=1S/C13H21NO2/c1-10-5-6-11(13(15)16)9-12(10)14-7-3-2-4-8-14/h9-10,12H,2-8H2,1H3,(H,15,16)/t10-,12-/m1/s1. The number of carbonyl (C=O) groups is 1. The molecule has 16 heavy (non-hydrogen) atoms. The fourth-order valence-corrected chi connectivity index (χ4v) is 2.87. The summed E-state index contributed by atoms with van der Waals surface area (Å²) in [5.74, 6) is -0.130. The van der Waals surface area contributed by atoms with Gasteiger partial charge in [-0.2, -0.15) is 0 Å². The Bertz CT molecular complexity index is 292. The average Bonchev–Trinajstić information content (AvgIpc) is 2.30. The first-order valence-corrected chi connectivity index (χ1v) is 6.36. The SMILES string of the molecule is C[C@@H]1CCC(C(=O)O)=C[C@H]1N1CCCCC1. The van der Waals surface area contributed by atoms with Gasteiger partial charge in [0.1, 0.15) is 0 Å². The molecule has 3 nitrogen and oxygen atoms in total. The van der Waals surface area contributed by atoms with E-state index in [0.717, 1.165) is 25.9 Å². The average molecular weight is 223 g/mol. The second kappa shape index (κ2) is 5.00. The van der Waals surface area contributed by atoms with Crippen LogP contribution < -0.4 is 0 Å². The van der Waals surface area contributed by atoms with Crippen LogP contribution in [0.2, 0.25) is 0 Å². The first kappa shape index (κ1) is 11.6. The molecular weight excluding hydrogens is 202 g/mol. The maximum Gasteiger partial charge on any atom is 0.331 e. The highest BCUT2D eigenvalue weighted by Gasteiger charge is 2.29. The van der Waals surface area contributed by atoms with Crippen molar-refractivity contribution in [1.29, 1.82) is 0 Å². The highest BCUT2D eigenvalue weighted by molar-refractivity contribution is 5.86. The molecule has 0 aromatic carbocycles. The van der Waals surface area contributed by atoms with E-state index in [1.807, 2.05) is 6.08 Å². The zero-order chi connectivity index (χ0) is 11.5. The lowest BCUT2D eigenvalue weighted by Crippen LogP contribution is -2.43. The molecular formula is C13H21NO2. The highest BCUT2D eigenvalue weighted by atomic mass is 16.4. The van der Waals surface area contributed by atoms with Gasteiger partial charge in [-0.15, -0.1) is 0 Å². The summed E-state index contributed by atoms with van der Waals surface area (Å²) in [6.07, 6.45) is 7.61. The topological polar surface area (TPSA) is 40.5 Å². The van der Waals surface area contributed by atoms with E-state index in [-0.39, 0.29) is 0 Å². The number of nitrogens with zero attached hydrogens (tertiary/aromatic N) is 1. The van der Waals surface area contributed by atoms with E-state index in [9.17, 15) is 4.79 Å². The van der Waals surface area contributed by atoms with Crippen molar-refractivity contribution in [3.63, 3.8) is 0 Å². The van der Waals surface area contributed by atoms with E-state index in [0.29, 0.717) is 17.5 Å². The minimum Gasteiger partial charge on any atom is -0.478 e. The van der Waals surface area contributed by atoms with Crippen molar-refractivity contribution in [1.82, 2.24) is 4.90 Å². The number of hydrogen-bond donors (Lipinski definition) is 1. The van der Waals surface area contributed by atoms with E-state index < -0.39 is 5.97 Å². The van der Waals surface area contributed by atoms with Crippen LogP contribution in [0.25, 0.3) is 0 Å². The van der Waals surface area contributed by atoms with Gasteiger partial charge in [-0.25, -0.2) is 4.79 Å². The Hall–Kier alpha value is -0.830. The number of carboxylic acid groups (broad SMARTS) is 1. The number of likely N-dealkylation sites (tertiary alicyclic amines) is 1. The second-order valence-electron chi connectivity index (χ2n) is 5.10. The van der Waals surface area contributed by atoms with Crippen molar-refractivity contribution in [3.05, 3.63) is 11.6 Å². The van der Waals surface area contributed by atoms with Crippen LogP contribution in [0.15, 0.2) is 11.6 Å². The van der Waals surface area contributed by atoms with Gasteiger partial charge in [0.2, 0.25) is 0 Å². The quantitative estimate of drug-likeness (QED) is 0.780. The summed E-state index contributed by atoms with van der Waals surface area (Å²) < 4.78 is 0. The van der Waals surface area contributed by atoms with Gasteiger partial charge in [-0.3, -0.25) is 4.90 Å². The molecule has 1 saturated heterocycles. The molecule has 2 aliphatic rings. The van der Waals surface area contributed by atoms with E-state index in [1.54, 1.807) is 0 Å². The zero-order valence-corrected chi connectivity index (χ0v) is 9.98. The van der Waals surface area contributed by atoms with Gasteiger partial charge in [0.05, 0.1) is 0 Å². The molecule has 0 radical (unpaired) electrons. The Morgan fingerprint density at radius 3 is 2.69 bits per heavy atom. The lowest BCUT2D eigenvalue weighted by Gasteiger charge is -2.38. The molecule has 0 saturated carbocycles. The van der Waals surface area contributed by atoms with E-state index >= 15 is 0 Å². The lowest BCUT2D eigenvalue weighted by atomic mass is 9.85. The molecule has 0 aromatic rings. The van der Waals surface area contributed by atoms with Gasteiger partial charge in [0.25, 0.3) is 0 Å². The smallest absolute Gasteiger partial charge is 0.331 e. The minimum absolute atomic E-state index is 0.361. The van der Waals surface area contributed by atoms with Gasteiger partial charge in [-0.1, -0.05) is 19.4 Å². The predicted molar refractivity (Wildman–Crippen MR) is 63.3 cm³/mol. The maximum atomic E-state index is 11.0. The molecule has 1 fully saturated rings. The number of piperidine rings is 1. The zero-order valence-electron chi connectivity index (χ0n) is 9.98. The number of hydrogen-bond acceptors (Lipinski definition) is 2. The molecule has 1 aliphatic carbocycles. The Balaban J connectivity index is 2.10. The normalized spacial score (nSPS) is 32.2. The molecule has 1 heterocycles. The third kappa shape index (κ3) is 2.46. The van der Waals surface area contributed by atoms with Crippen LogP contribution in [0.1, 0.15) is 39.0 Å². The summed E-state index contributed by atoms with van der Waals surface area (Å²) in [5.41, 5.74) is 0.619. The molecule has 1 N–H and O–H groups in total. The summed E-state index contributed by atoms with van der Waals surface area (Å²) in [5, 5.41) is 9.05. The molecule has 0 amide bonds. The van der Waals surface area contributed by atoms with Gasteiger partial charge < -0.3 is 5.11 Å². The molecule has 2 rings (SSSR count). The van der Waals surface area contributed by atoms with Crippen molar-refractivity contribution < 1.29 is 9.90 Å². The van der Waals surface area contributed by atoms with Crippen molar-refractivity contribution in [2.24, 2.45) is 5.92 Å². The van der Waals surface area contributed by atoms with Crippen LogP contribution in [0, 0.1) is 5.92 Å². The van der Waals surface area contributed by atoms with Gasteiger partial charge in [-0.05, 0) is 44.7 Å². The van der Waals surface area contributed by atoms with Gasteiger partial charge >= 0.3 is 5.97 Å². The summed E-state index contributed by atoms with van der Waals surface area (Å²) >= 11 is 0. The van der Waals surface area contributed by atoms with E-state index in [2.05, 4.69) is 11.8 Å². The fraction of sp³-hybridized carbons (Fsp3) is 0.769. The van der Waals surface area contributed by atoms with E-state index in [4.69, 9.17) is 5.11 Å². The lowest BCUT2D eigenvalue weighted by molar-refractivity contribution is -0.133. The Morgan fingerprint density at radius 2 is 2.06 bits per heavy atom. The third-order valence-electron chi connectivity index (χ3n) is 3.91. The molecule has 90 valence electrons.